The molecule has 2 aromatic heterocycles. The van der Waals surface area contributed by atoms with Crippen LogP contribution in [0.3, 0.4) is 0 Å². The number of hydrogen-bond donors (Lipinski definition) is 2. The summed E-state index contributed by atoms with van der Waals surface area (Å²) in [6, 6.07) is 9.59. The number of hydrogen-bond acceptors (Lipinski definition) is 5. The smallest absolute Gasteiger partial charge is 0.132 e. The second-order valence-corrected chi connectivity index (χ2v) is 7.79. The molecule has 4 rings (SSSR count). The van der Waals surface area contributed by atoms with Crippen LogP contribution in [0, 0.1) is 11.2 Å². The number of allylic oxidation sites excluding steroid dienone is 1. The summed E-state index contributed by atoms with van der Waals surface area (Å²) in [6.07, 6.45) is 1.80. The van der Waals surface area contributed by atoms with Gasteiger partial charge in [0, 0.05) is 46.6 Å². The van der Waals surface area contributed by atoms with Crippen LogP contribution in [0.25, 0.3) is 22.2 Å². The van der Waals surface area contributed by atoms with Crippen molar-refractivity contribution in [2.45, 2.75) is 0 Å². The minimum Gasteiger partial charge on any atom is -0.309 e. The summed E-state index contributed by atoms with van der Waals surface area (Å²) in [7, 11) is 2.63. The Labute approximate surface area is 186 Å². The van der Waals surface area contributed by atoms with E-state index in [0.29, 0.717) is 33.9 Å². The van der Waals surface area contributed by atoms with Crippen LogP contribution in [0.1, 0.15) is 16.8 Å². The number of benzene rings is 1. The maximum absolute atomic E-state index is 14.2. The van der Waals surface area contributed by atoms with Crippen molar-refractivity contribution in [3.8, 4) is 0 Å². The summed E-state index contributed by atoms with van der Waals surface area (Å²) in [4.78, 5) is 13.8. The second-order valence-electron chi connectivity index (χ2n) is 7.02. The molecular formula is C23H20ClFN5P. The van der Waals surface area contributed by atoms with E-state index < -0.39 is 5.82 Å². The lowest BCUT2D eigenvalue weighted by molar-refractivity contribution is 0.625. The van der Waals surface area contributed by atoms with Crippen LogP contribution in [0.15, 0.2) is 60.0 Å². The van der Waals surface area contributed by atoms with Gasteiger partial charge in [-0.05, 0) is 36.4 Å². The molecule has 0 saturated carbocycles. The Morgan fingerprint density at radius 2 is 2.06 bits per heavy atom. The molecule has 3 aromatic rings. The van der Waals surface area contributed by atoms with Crippen molar-refractivity contribution < 1.29 is 4.39 Å². The van der Waals surface area contributed by atoms with E-state index in [1.807, 2.05) is 17.9 Å². The third-order valence-corrected chi connectivity index (χ3v) is 5.59. The molecule has 3 heterocycles. The predicted molar refractivity (Wildman–Crippen MR) is 130 cm³/mol. The summed E-state index contributed by atoms with van der Waals surface area (Å²) in [5.41, 5.74) is 5.02. The van der Waals surface area contributed by atoms with E-state index >= 15 is 0 Å². The van der Waals surface area contributed by atoms with Gasteiger partial charge in [0.05, 0.1) is 34.7 Å². The van der Waals surface area contributed by atoms with Gasteiger partial charge in [0.1, 0.15) is 5.82 Å². The van der Waals surface area contributed by atoms with E-state index in [1.54, 1.807) is 12.3 Å². The Bertz CT molecular complexity index is 1270. The molecule has 5 nitrogen and oxygen atoms in total. The van der Waals surface area contributed by atoms with E-state index in [2.05, 4.69) is 36.1 Å². The maximum Gasteiger partial charge on any atom is 0.132 e. The molecule has 1 aliphatic heterocycles. The molecule has 0 fully saturated rings. The van der Waals surface area contributed by atoms with Gasteiger partial charge >= 0.3 is 0 Å². The van der Waals surface area contributed by atoms with E-state index in [0.717, 1.165) is 29.9 Å². The molecule has 0 saturated heterocycles. The third kappa shape index (κ3) is 4.47. The summed E-state index contributed by atoms with van der Waals surface area (Å²) in [5, 5.41) is 12.1. The Kier molecular flexibility index (Phi) is 6.33. The first-order chi connectivity index (χ1) is 15.0. The molecule has 8 heteroatoms. The van der Waals surface area contributed by atoms with Crippen LogP contribution >= 0.6 is 20.8 Å². The zero-order valence-electron chi connectivity index (χ0n) is 16.6. The minimum atomic E-state index is -0.530. The fraction of sp³-hybridized carbons (Fsp3) is 0.130. The highest BCUT2D eigenvalue weighted by atomic mass is 35.5. The van der Waals surface area contributed by atoms with E-state index in [-0.39, 0.29) is 11.3 Å². The van der Waals surface area contributed by atoms with Crippen LogP contribution in [-0.2, 0) is 0 Å². The zero-order valence-corrected chi connectivity index (χ0v) is 18.5. The Hall–Kier alpha value is -2.79. The molecule has 1 unspecified atom stereocenters. The van der Waals surface area contributed by atoms with Crippen molar-refractivity contribution in [1.82, 2.24) is 15.3 Å². The Morgan fingerprint density at radius 3 is 2.81 bits per heavy atom. The standard InChI is InChI=1S/C23H20ClFN5P/c1-13(23(26)16-9-15(24)2-3-18(16)25)19-4-5-20-21(30-19)8-14(10-29-20)17(12-31)22-11-27-6-7-28-22/h2-5,8-10,12,26-27H,1,6-7,11,31H2/b17-12-,26-23?. The van der Waals surface area contributed by atoms with Crippen molar-refractivity contribution >= 4 is 54.4 Å². The number of rotatable bonds is 5. The van der Waals surface area contributed by atoms with Gasteiger partial charge in [0.15, 0.2) is 0 Å². The molecule has 0 radical (unpaired) electrons. The molecule has 2 N–H and O–H groups in total. The minimum absolute atomic E-state index is 0.0656. The fourth-order valence-electron chi connectivity index (χ4n) is 3.37. The summed E-state index contributed by atoms with van der Waals surface area (Å²) in [6.45, 7) is 6.28. The Morgan fingerprint density at radius 1 is 1.23 bits per heavy atom. The highest BCUT2D eigenvalue weighted by Crippen LogP contribution is 2.25. The fourth-order valence-corrected chi connectivity index (χ4v) is 3.93. The number of fused-ring (bicyclic) bond motifs is 1. The van der Waals surface area contributed by atoms with Crippen molar-refractivity contribution in [2.75, 3.05) is 19.6 Å². The summed E-state index contributed by atoms with van der Waals surface area (Å²) >= 11 is 5.98. The van der Waals surface area contributed by atoms with Crippen LogP contribution in [-0.4, -0.2) is 41.0 Å². The number of halogens is 2. The number of nitrogens with one attached hydrogen (secondary N) is 2. The average Bonchev–Trinajstić information content (AvgIpc) is 2.80. The van der Waals surface area contributed by atoms with Crippen LogP contribution in [0.4, 0.5) is 4.39 Å². The molecule has 31 heavy (non-hydrogen) atoms. The lowest BCUT2D eigenvalue weighted by atomic mass is 9.99. The van der Waals surface area contributed by atoms with Crippen LogP contribution in [0.2, 0.25) is 5.02 Å². The highest BCUT2D eigenvalue weighted by molar-refractivity contribution is 7.21. The molecule has 0 spiro atoms. The van der Waals surface area contributed by atoms with E-state index in [9.17, 15) is 4.39 Å². The summed E-state index contributed by atoms with van der Waals surface area (Å²) < 4.78 is 14.2. The second kappa shape index (κ2) is 9.15. The average molecular weight is 452 g/mol. The number of nitrogens with zero attached hydrogens (tertiary/aromatic N) is 3. The van der Waals surface area contributed by atoms with Crippen LogP contribution < -0.4 is 5.32 Å². The monoisotopic (exact) mass is 451 g/mol. The molecule has 0 amide bonds. The number of aromatic nitrogens is 2. The Balaban J connectivity index is 1.70. The maximum atomic E-state index is 14.2. The molecule has 0 aliphatic carbocycles. The van der Waals surface area contributed by atoms with Gasteiger partial charge in [-0.1, -0.05) is 24.0 Å². The first kappa shape index (κ1) is 21.4. The largest absolute Gasteiger partial charge is 0.309 e. The van der Waals surface area contributed by atoms with Gasteiger partial charge in [-0.3, -0.25) is 15.4 Å². The first-order valence-electron chi connectivity index (χ1n) is 9.65. The third-order valence-electron chi connectivity index (χ3n) is 5.02. The van der Waals surface area contributed by atoms with E-state index in [4.69, 9.17) is 17.0 Å². The lowest BCUT2D eigenvalue weighted by Crippen LogP contribution is -2.31. The van der Waals surface area contributed by atoms with Gasteiger partial charge in [-0.25, -0.2) is 9.37 Å². The molecule has 156 valence electrons. The topological polar surface area (TPSA) is 74.0 Å². The predicted octanol–water partition coefficient (Wildman–Crippen LogP) is 4.76. The zero-order chi connectivity index (χ0) is 22.0. The molecule has 0 bridgehead atoms. The summed E-state index contributed by atoms with van der Waals surface area (Å²) in [5.74, 6) is 1.41. The number of aliphatic imine (C=N–C) groups is 1. The normalized spacial score (nSPS) is 14.4. The van der Waals surface area contributed by atoms with Gasteiger partial charge < -0.3 is 5.32 Å². The van der Waals surface area contributed by atoms with Crippen molar-refractivity contribution in [3.63, 3.8) is 0 Å². The quantitative estimate of drug-likeness (QED) is 0.433. The van der Waals surface area contributed by atoms with Gasteiger partial charge in [-0.2, -0.15) is 0 Å². The van der Waals surface area contributed by atoms with Crippen LogP contribution in [0.5, 0.6) is 0 Å². The van der Waals surface area contributed by atoms with Gasteiger partial charge in [0.2, 0.25) is 0 Å². The first-order valence-corrected chi connectivity index (χ1v) is 10.7. The van der Waals surface area contributed by atoms with Crippen molar-refractivity contribution in [3.05, 3.63) is 82.7 Å². The van der Waals surface area contributed by atoms with E-state index in [1.165, 1.54) is 18.2 Å². The molecule has 1 aliphatic rings. The molecule has 1 atom stereocenters. The van der Waals surface area contributed by atoms with Gasteiger partial charge in [0.25, 0.3) is 0 Å². The number of pyridine rings is 2. The SMILES string of the molecule is C=C(C(=N)c1cc(Cl)ccc1F)c1ccc2ncc(/C(=C/P)C3=NCCNC3)cc2n1. The van der Waals surface area contributed by atoms with Crippen molar-refractivity contribution in [2.24, 2.45) is 4.99 Å². The highest BCUT2D eigenvalue weighted by Gasteiger charge is 2.16. The molecular weight excluding hydrogens is 432 g/mol. The van der Waals surface area contributed by atoms with Crippen molar-refractivity contribution in [1.29, 1.82) is 5.41 Å². The molecule has 1 aromatic carbocycles. The van der Waals surface area contributed by atoms with Gasteiger partial charge in [-0.15, -0.1) is 9.24 Å². The lowest BCUT2D eigenvalue weighted by Gasteiger charge is -2.16.